The van der Waals surface area contributed by atoms with Crippen LogP contribution in [0.25, 0.3) is 71.8 Å². The topological polar surface area (TPSA) is 21.9 Å². The molecule has 0 aliphatic carbocycles. The van der Waals surface area contributed by atoms with Crippen LogP contribution < -0.4 is 21.0 Å². The van der Waals surface area contributed by atoms with E-state index in [0.29, 0.717) is 0 Å². The average molecular weight is 800 g/mol. The minimum Gasteiger partial charge on any atom is -0.454 e. The zero-order valence-corrected chi connectivity index (χ0v) is 37.6. The summed E-state index contributed by atoms with van der Waals surface area (Å²) in [6, 6.07) is 42.1. The molecule has 0 atom stereocenters. The summed E-state index contributed by atoms with van der Waals surface area (Å²) in [5, 5.41) is 4.96. The molecule has 0 amide bonds. The van der Waals surface area contributed by atoms with Crippen molar-refractivity contribution in [2.75, 3.05) is 0 Å². The summed E-state index contributed by atoms with van der Waals surface area (Å²) in [4.78, 5) is 2.66. The first-order valence-corrected chi connectivity index (χ1v) is 22.3. The van der Waals surface area contributed by atoms with Crippen molar-refractivity contribution in [3.63, 3.8) is 0 Å². The molecule has 3 nitrogen and oxygen atoms in total. The van der Waals surface area contributed by atoms with E-state index in [1.54, 1.807) is 0 Å². The van der Waals surface area contributed by atoms with Gasteiger partial charge in [0.15, 0.2) is 6.20 Å². The van der Waals surface area contributed by atoms with Gasteiger partial charge in [0.25, 0.3) is 0 Å². The maximum atomic E-state index is 7.15. The maximum Gasteiger partial charge on any atom is 0.249 e. The number of hydrogen-bond acceptors (Lipinski definition) is 2. The monoisotopic (exact) mass is 799 g/mol. The number of aryl methyl sites for hydroxylation is 2. The number of nitrogens with zero attached hydrogens (tertiary/aromatic N) is 2. The fourth-order valence-corrected chi connectivity index (χ4v) is 11.3. The summed E-state index contributed by atoms with van der Waals surface area (Å²) < 4.78 is 12.0. The first kappa shape index (κ1) is 37.5. The van der Waals surface area contributed by atoms with Crippen LogP contribution in [0, 0.1) is 6.92 Å². The summed E-state index contributed by atoms with van der Waals surface area (Å²) in [6.45, 7) is 23.4. The minimum absolute atomic E-state index is 0.0191. The molecule has 296 valence electrons. The van der Waals surface area contributed by atoms with Gasteiger partial charge in [-0.05, 0) is 104 Å². The van der Waals surface area contributed by atoms with Crippen LogP contribution in [0.4, 0.5) is 0 Å². The van der Waals surface area contributed by atoms with Crippen LogP contribution in [0.2, 0.25) is 0 Å². The van der Waals surface area contributed by atoms with Crippen LogP contribution in [-0.4, -0.2) is 11.3 Å². The van der Waals surface area contributed by atoms with Crippen molar-refractivity contribution in [1.82, 2.24) is 4.57 Å². The Balaban J connectivity index is 1.25. The van der Waals surface area contributed by atoms with E-state index in [0.717, 1.165) is 38.8 Å². The molecule has 5 heterocycles. The van der Waals surface area contributed by atoms with E-state index in [1.807, 2.05) is 11.8 Å². The minimum atomic E-state index is -0.0191. The molecule has 0 bridgehead atoms. The molecule has 5 heteroatoms. The van der Waals surface area contributed by atoms with E-state index in [4.69, 9.17) is 4.42 Å². The largest absolute Gasteiger partial charge is 0.454 e. The SMILES string of the molecule is Cc1ccc2c(oc3c(-c4cc5c6c(c4)-n4c7ccc(C(C)(C)C)cc7c7cc(C(C)(C)C)cc(c74)B6c4cc(C(C)(C)C)ccc4S5)cccc32)c1-c1cccc[n+]1C. The molecule has 0 saturated carbocycles. The molecule has 0 spiro atoms. The van der Waals surface area contributed by atoms with Gasteiger partial charge < -0.3 is 8.98 Å². The van der Waals surface area contributed by atoms with E-state index >= 15 is 0 Å². The van der Waals surface area contributed by atoms with Gasteiger partial charge in [-0.15, -0.1) is 0 Å². The highest BCUT2D eigenvalue weighted by Crippen LogP contribution is 2.46. The van der Waals surface area contributed by atoms with Gasteiger partial charge in [-0.1, -0.05) is 134 Å². The van der Waals surface area contributed by atoms with Crippen molar-refractivity contribution in [3.05, 3.63) is 138 Å². The average Bonchev–Trinajstić information content (AvgIpc) is 3.74. The number of hydrogen-bond donors (Lipinski definition) is 0. The van der Waals surface area contributed by atoms with Crippen LogP contribution in [0.3, 0.4) is 0 Å². The maximum absolute atomic E-state index is 7.15. The summed E-state index contributed by atoms with van der Waals surface area (Å²) in [5.41, 5.74) is 19.9. The fourth-order valence-electron chi connectivity index (χ4n) is 10.1. The first-order valence-electron chi connectivity index (χ1n) is 21.5. The van der Waals surface area contributed by atoms with Crippen LogP contribution in [0.5, 0.6) is 0 Å². The Morgan fingerprint density at radius 3 is 2.05 bits per heavy atom. The van der Waals surface area contributed by atoms with E-state index in [-0.39, 0.29) is 23.0 Å². The summed E-state index contributed by atoms with van der Waals surface area (Å²) in [7, 11) is 2.11. The van der Waals surface area contributed by atoms with E-state index < -0.39 is 0 Å². The molecule has 2 aliphatic rings. The lowest BCUT2D eigenvalue weighted by molar-refractivity contribution is -0.660. The van der Waals surface area contributed by atoms with Crippen molar-refractivity contribution in [3.8, 4) is 28.1 Å². The Morgan fingerprint density at radius 2 is 1.30 bits per heavy atom. The molecule has 11 rings (SSSR count). The summed E-state index contributed by atoms with van der Waals surface area (Å²) in [6.07, 6.45) is 2.11. The quantitative estimate of drug-likeness (QED) is 0.128. The molecule has 0 radical (unpaired) electrons. The summed E-state index contributed by atoms with van der Waals surface area (Å²) >= 11 is 1.93. The van der Waals surface area contributed by atoms with Crippen LogP contribution in [-0.2, 0) is 23.3 Å². The van der Waals surface area contributed by atoms with Gasteiger partial charge in [0.2, 0.25) is 12.4 Å². The highest BCUT2D eigenvalue weighted by atomic mass is 32.2. The second kappa shape index (κ2) is 12.5. The van der Waals surface area contributed by atoms with E-state index in [1.165, 1.54) is 81.5 Å². The van der Waals surface area contributed by atoms with E-state index in [9.17, 15) is 0 Å². The number of aromatic nitrogens is 2. The lowest BCUT2D eigenvalue weighted by atomic mass is 9.35. The molecule has 9 aromatic rings. The smallest absolute Gasteiger partial charge is 0.249 e. The fraction of sp³-hybridized carbons (Fsp3) is 0.255. The number of pyridine rings is 1. The Labute approximate surface area is 358 Å². The number of para-hydroxylation sites is 1. The Kier molecular flexibility index (Phi) is 7.82. The lowest BCUT2D eigenvalue weighted by Crippen LogP contribution is -2.59. The second-order valence-corrected chi connectivity index (χ2v) is 21.7. The van der Waals surface area contributed by atoms with Gasteiger partial charge in [0.05, 0.1) is 11.1 Å². The zero-order valence-electron chi connectivity index (χ0n) is 36.8. The second-order valence-electron chi connectivity index (χ2n) is 20.6. The Hall–Kier alpha value is -5.52. The van der Waals surface area contributed by atoms with Crippen molar-refractivity contribution in [1.29, 1.82) is 0 Å². The van der Waals surface area contributed by atoms with Crippen LogP contribution in [0.1, 0.15) is 84.6 Å². The lowest BCUT2D eigenvalue weighted by Gasteiger charge is -2.35. The van der Waals surface area contributed by atoms with Gasteiger partial charge in [-0.2, -0.15) is 0 Å². The van der Waals surface area contributed by atoms with Crippen molar-refractivity contribution in [2.24, 2.45) is 7.05 Å². The number of furan rings is 1. The number of benzene rings is 6. The third kappa shape index (κ3) is 5.40. The van der Waals surface area contributed by atoms with Crippen molar-refractivity contribution < 1.29 is 8.98 Å². The highest BCUT2D eigenvalue weighted by molar-refractivity contribution is 8.00. The number of fused-ring (bicyclic) bond motifs is 10. The molecular formula is C55H52BN2OS+. The third-order valence-corrected chi connectivity index (χ3v) is 14.6. The van der Waals surface area contributed by atoms with Crippen LogP contribution >= 0.6 is 11.8 Å². The van der Waals surface area contributed by atoms with Crippen molar-refractivity contribution >= 4 is 78.6 Å². The van der Waals surface area contributed by atoms with Crippen molar-refractivity contribution in [2.45, 2.75) is 95.3 Å². The van der Waals surface area contributed by atoms with Gasteiger partial charge in [-0.3, -0.25) is 0 Å². The molecule has 0 saturated heterocycles. The molecule has 0 fully saturated rings. The van der Waals surface area contributed by atoms with Gasteiger partial charge in [-0.25, -0.2) is 4.57 Å². The Morgan fingerprint density at radius 1 is 0.600 bits per heavy atom. The predicted octanol–water partition coefficient (Wildman–Crippen LogP) is 12.3. The molecule has 2 aliphatic heterocycles. The van der Waals surface area contributed by atoms with Crippen LogP contribution in [0.15, 0.2) is 130 Å². The first-order chi connectivity index (χ1) is 28.5. The van der Waals surface area contributed by atoms with Gasteiger partial charge in [0.1, 0.15) is 18.2 Å². The molecule has 60 heavy (non-hydrogen) atoms. The molecule has 0 N–H and O–H groups in total. The number of rotatable bonds is 2. The summed E-state index contributed by atoms with van der Waals surface area (Å²) in [5.74, 6) is 0. The third-order valence-electron chi connectivity index (χ3n) is 13.5. The van der Waals surface area contributed by atoms with Gasteiger partial charge in [0, 0.05) is 60.2 Å². The van der Waals surface area contributed by atoms with Gasteiger partial charge >= 0.3 is 0 Å². The normalized spacial score (nSPS) is 13.8. The molecule has 3 aromatic heterocycles. The zero-order chi connectivity index (χ0) is 41.8. The highest BCUT2D eigenvalue weighted by Gasteiger charge is 2.41. The standard InChI is InChI=1S/C55H52BN2OS/c1-31-18-21-38-37-16-14-15-36(51(37)59-52(38)48(31)44-17-12-13-24-57(44)11)32-25-45-49-47(26-32)60-46-23-20-34(54(5,6)7)29-41(46)56(49)42-30-35(55(8,9)10)28-40-39-27-33(53(2,3)4)19-22-43(39)58(45)50(40)42/h12-30H,1-11H3/q+1. The molecule has 0 unspecified atom stereocenters. The van der Waals surface area contributed by atoms with E-state index in [2.05, 4.69) is 201 Å². The Bertz CT molecular complexity index is 3320. The molecular weight excluding hydrogens is 747 g/mol. The predicted molar refractivity (Wildman–Crippen MR) is 256 cm³/mol. The molecule has 6 aromatic carbocycles.